The summed E-state index contributed by atoms with van der Waals surface area (Å²) < 4.78 is 37.7. The highest BCUT2D eigenvalue weighted by molar-refractivity contribution is 5.87. The van der Waals surface area contributed by atoms with Crippen molar-refractivity contribution in [3.05, 3.63) is 71.3 Å². The van der Waals surface area contributed by atoms with Crippen LogP contribution in [0.25, 0.3) is 0 Å². The summed E-state index contributed by atoms with van der Waals surface area (Å²) in [6.45, 7) is 2.85. The zero-order valence-corrected chi connectivity index (χ0v) is 16.0. The summed E-state index contributed by atoms with van der Waals surface area (Å²) in [4.78, 5) is 13.8. The monoisotopic (exact) mass is 390 g/mol. The number of allylic oxidation sites excluding steroid dienone is 1. The first-order valence-electron chi connectivity index (χ1n) is 8.83. The van der Waals surface area contributed by atoms with Gasteiger partial charge in [0.25, 0.3) is 0 Å². The molecule has 0 bridgehead atoms. The molecule has 0 aliphatic carbocycles. The highest BCUT2D eigenvalue weighted by atomic mass is 19.1. The Morgan fingerprint density at radius 2 is 1.96 bits per heavy atom. The second kappa shape index (κ2) is 10.4. The third kappa shape index (κ3) is 5.79. The summed E-state index contributed by atoms with van der Waals surface area (Å²) in [7, 11) is 1.49. The van der Waals surface area contributed by atoms with Crippen LogP contribution >= 0.6 is 0 Å². The molecule has 2 aromatic carbocycles. The molecule has 2 N–H and O–H groups in total. The fourth-order valence-electron chi connectivity index (χ4n) is 2.62. The minimum absolute atomic E-state index is 0.0686. The fourth-order valence-corrected chi connectivity index (χ4v) is 2.62. The average molecular weight is 390 g/mol. The molecule has 2 aromatic rings. The van der Waals surface area contributed by atoms with E-state index < -0.39 is 11.6 Å². The van der Waals surface area contributed by atoms with E-state index in [0.717, 1.165) is 11.6 Å². The van der Waals surface area contributed by atoms with Crippen LogP contribution in [0.15, 0.2) is 48.6 Å². The van der Waals surface area contributed by atoms with Gasteiger partial charge < -0.3 is 20.1 Å². The number of rotatable bonds is 9. The molecule has 7 heteroatoms. The van der Waals surface area contributed by atoms with E-state index in [1.165, 1.54) is 25.3 Å². The number of carbonyl (C=O) groups is 1. The summed E-state index contributed by atoms with van der Waals surface area (Å²) in [6, 6.07) is 8.57. The van der Waals surface area contributed by atoms with Crippen molar-refractivity contribution in [3.63, 3.8) is 0 Å². The van der Waals surface area contributed by atoms with Gasteiger partial charge in [0.1, 0.15) is 18.2 Å². The lowest BCUT2D eigenvalue weighted by molar-refractivity contribution is -0.126. The molecule has 0 aromatic heterocycles. The first-order valence-corrected chi connectivity index (χ1v) is 8.83. The van der Waals surface area contributed by atoms with E-state index in [1.54, 1.807) is 36.1 Å². The Bertz CT molecular complexity index is 840. The number of nitrogens with two attached hydrogens (primary N) is 1. The molecule has 0 radical (unpaired) electrons. The molecule has 2 rings (SSSR count). The summed E-state index contributed by atoms with van der Waals surface area (Å²) >= 11 is 0. The normalized spacial score (nSPS) is 10.9. The first-order chi connectivity index (χ1) is 13.5. The van der Waals surface area contributed by atoms with Crippen LogP contribution in [0.3, 0.4) is 0 Å². The minimum Gasteiger partial charge on any atom is -0.493 e. The van der Waals surface area contributed by atoms with E-state index in [-0.39, 0.29) is 18.1 Å². The average Bonchev–Trinajstić information content (AvgIpc) is 2.67. The molecule has 5 nitrogen and oxygen atoms in total. The zero-order valence-electron chi connectivity index (χ0n) is 16.0. The largest absolute Gasteiger partial charge is 0.493 e. The molecule has 0 aliphatic rings. The minimum atomic E-state index is -0.671. The fraction of sp³-hybridized carbons (Fsp3) is 0.286. The van der Waals surface area contributed by atoms with Gasteiger partial charge in [0.15, 0.2) is 11.5 Å². The molecule has 0 spiro atoms. The van der Waals surface area contributed by atoms with Gasteiger partial charge in [0.2, 0.25) is 5.91 Å². The summed E-state index contributed by atoms with van der Waals surface area (Å²) in [6.07, 6.45) is 3.17. The Balaban J connectivity index is 2.13. The standard InChI is InChI=1S/C21H24F2N2O3/c1-3-4-21(26)25(10-9-24)13-15-5-8-19(20(11-15)27-2)28-14-16-6-7-17(22)12-18(16)23/h3-8,11-12H,9-10,13-14,24H2,1-2H3. The zero-order chi connectivity index (χ0) is 20.5. The molecule has 0 saturated heterocycles. The molecule has 0 heterocycles. The Morgan fingerprint density at radius 3 is 2.61 bits per heavy atom. The molecule has 0 atom stereocenters. The van der Waals surface area contributed by atoms with E-state index in [9.17, 15) is 13.6 Å². The highest BCUT2D eigenvalue weighted by Crippen LogP contribution is 2.29. The number of amides is 1. The van der Waals surface area contributed by atoms with Crippen LogP contribution in [0.5, 0.6) is 11.5 Å². The smallest absolute Gasteiger partial charge is 0.246 e. The number of ether oxygens (including phenoxy) is 2. The van der Waals surface area contributed by atoms with Crippen molar-refractivity contribution in [2.75, 3.05) is 20.2 Å². The summed E-state index contributed by atoms with van der Waals surface area (Å²) in [5.74, 6) is -0.571. The topological polar surface area (TPSA) is 64.8 Å². The molecule has 0 unspecified atom stereocenters. The van der Waals surface area contributed by atoms with Gasteiger partial charge in [0.05, 0.1) is 7.11 Å². The van der Waals surface area contributed by atoms with Crippen LogP contribution in [-0.2, 0) is 17.9 Å². The Kier molecular flexibility index (Phi) is 7.95. The lowest BCUT2D eigenvalue weighted by atomic mass is 10.1. The molecule has 0 saturated carbocycles. The van der Waals surface area contributed by atoms with Crippen LogP contribution in [-0.4, -0.2) is 31.0 Å². The maximum Gasteiger partial charge on any atom is 0.246 e. The van der Waals surface area contributed by atoms with Crippen molar-refractivity contribution in [1.29, 1.82) is 0 Å². The predicted molar refractivity (Wildman–Crippen MR) is 103 cm³/mol. The number of benzene rings is 2. The van der Waals surface area contributed by atoms with E-state index in [2.05, 4.69) is 0 Å². The maximum atomic E-state index is 13.7. The second-order valence-corrected chi connectivity index (χ2v) is 6.06. The quantitative estimate of drug-likeness (QED) is 0.667. The van der Waals surface area contributed by atoms with E-state index in [1.807, 2.05) is 0 Å². The molecule has 150 valence electrons. The van der Waals surface area contributed by atoms with Gasteiger partial charge in [-0.3, -0.25) is 4.79 Å². The van der Waals surface area contributed by atoms with Gasteiger partial charge in [0, 0.05) is 31.3 Å². The van der Waals surface area contributed by atoms with Crippen molar-refractivity contribution in [2.24, 2.45) is 5.73 Å². The van der Waals surface area contributed by atoms with Gasteiger partial charge in [-0.25, -0.2) is 8.78 Å². The van der Waals surface area contributed by atoms with E-state index in [4.69, 9.17) is 15.2 Å². The van der Waals surface area contributed by atoms with Crippen molar-refractivity contribution >= 4 is 5.91 Å². The third-order valence-electron chi connectivity index (χ3n) is 4.02. The number of halogens is 2. The van der Waals surface area contributed by atoms with Crippen LogP contribution in [0, 0.1) is 11.6 Å². The van der Waals surface area contributed by atoms with Gasteiger partial charge in [-0.1, -0.05) is 12.1 Å². The lowest BCUT2D eigenvalue weighted by Gasteiger charge is -2.21. The van der Waals surface area contributed by atoms with E-state index >= 15 is 0 Å². The van der Waals surface area contributed by atoms with Crippen LogP contribution < -0.4 is 15.2 Å². The number of nitrogens with zero attached hydrogens (tertiary/aromatic N) is 1. The molecular formula is C21H24F2N2O3. The summed E-state index contributed by atoms with van der Waals surface area (Å²) in [5.41, 5.74) is 6.67. The van der Waals surface area contributed by atoms with Crippen LogP contribution in [0.2, 0.25) is 0 Å². The van der Waals surface area contributed by atoms with Crippen molar-refractivity contribution < 1.29 is 23.0 Å². The van der Waals surface area contributed by atoms with Crippen LogP contribution in [0.4, 0.5) is 8.78 Å². The number of carbonyl (C=O) groups excluding carboxylic acids is 1. The van der Waals surface area contributed by atoms with Crippen molar-refractivity contribution in [2.45, 2.75) is 20.1 Å². The van der Waals surface area contributed by atoms with Crippen LogP contribution in [0.1, 0.15) is 18.1 Å². The number of methoxy groups -OCH3 is 1. The maximum absolute atomic E-state index is 13.7. The molecule has 1 amide bonds. The number of hydrogen-bond acceptors (Lipinski definition) is 4. The number of hydrogen-bond donors (Lipinski definition) is 1. The van der Waals surface area contributed by atoms with E-state index in [0.29, 0.717) is 31.1 Å². The Morgan fingerprint density at radius 1 is 1.18 bits per heavy atom. The molecule has 28 heavy (non-hydrogen) atoms. The van der Waals surface area contributed by atoms with Crippen molar-refractivity contribution in [1.82, 2.24) is 4.90 Å². The second-order valence-electron chi connectivity index (χ2n) is 6.06. The lowest BCUT2D eigenvalue weighted by Crippen LogP contribution is -2.33. The van der Waals surface area contributed by atoms with Gasteiger partial charge >= 0.3 is 0 Å². The molecule has 0 fully saturated rings. The third-order valence-corrected chi connectivity index (χ3v) is 4.02. The highest BCUT2D eigenvalue weighted by Gasteiger charge is 2.13. The van der Waals surface area contributed by atoms with Gasteiger partial charge in [-0.15, -0.1) is 0 Å². The Labute approximate surface area is 163 Å². The Hall–Kier alpha value is -2.93. The first kappa shape index (κ1) is 21.4. The predicted octanol–water partition coefficient (Wildman–Crippen LogP) is 3.42. The van der Waals surface area contributed by atoms with Crippen molar-refractivity contribution in [3.8, 4) is 11.5 Å². The van der Waals surface area contributed by atoms with Gasteiger partial charge in [-0.05, 0) is 42.8 Å². The van der Waals surface area contributed by atoms with Gasteiger partial charge in [-0.2, -0.15) is 0 Å². The summed E-state index contributed by atoms with van der Waals surface area (Å²) in [5, 5.41) is 0. The SMILES string of the molecule is CC=CC(=O)N(CCN)Cc1ccc(OCc2ccc(F)cc2F)c(OC)c1. The molecular weight excluding hydrogens is 366 g/mol. The molecule has 0 aliphatic heterocycles.